The fraction of sp³-hybridized carbons (Fsp3) is 0.714. The van der Waals surface area contributed by atoms with Gasteiger partial charge in [0.15, 0.2) is 0 Å². The second-order valence-corrected chi connectivity index (χ2v) is 19.1. The first-order valence-corrected chi connectivity index (χ1v) is 13.5. The van der Waals surface area contributed by atoms with Gasteiger partial charge in [0.1, 0.15) is 0 Å². The van der Waals surface area contributed by atoms with Gasteiger partial charge in [-0.3, -0.25) is 0 Å². The van der Waals surface area contributed by atoms with Gasteiger partial charge in [-0.15, -0.1) is 0 Å². The molecule has 14 heavy (non-hydrogen) atoms. The fourth-order valence-electron chi connectivity index (χ4n) is 0.761. The zero-order valence-corrected chi connectivity index (χ0v) is 10.8. The van der Waals surface area contributed by atoms with E-state index in [2.05, 4.69) is 0 Å². The molecule has 0 aliphatic carbocycles. The standard InChI is InChI=1S/2C2H3FO2.3CH3.Sb/c2*3-1-2(4)5;;;;/h2*1H2,(H,4,5);3*1H3;/q;;;;;+2/p-2. The minimum atomic E-state index is -4.31. The van der Waals surface area contributed by atoms with Crippen LogP contribution in [0.3, 0.4) is 0 Å². The molecule has 0 radical (unpaired) electrons. The summed E-state index contributed by atoms with van der Waals surface area (Å²) in [6.45, 7) is -2.57. The molecule has 0 aromatic heterocycles. The number of rotatable bonds is 4. The third-order valence-electron chi connectivity index (χ3n) is 1.04. The van der Waals surface area contributed by atoms with Crippen molar-refractivity contribution in [2.24, 2.45) is 0 Å². The molecule has 0 saturated heterocycles. The molecule has 0 saturated carbocycles. The normalized spacial score (nSPS) is 13.9. The molecule has 4 nitrogen and oxygen atoms in total. The SMILES string of the molecule is [CH3][Sb]([CH3])([CH3])([O]C(=O)CF)[O]C(=O)CF. The van der Waals surface area contributed by atoms with E-state index in [1.54, 1.807) is 0 Å². The maximum absolute atomic E-state index is 11.8. The van der Waals surface area contributed by atoms with Gasteiger partial charge in [-0.2, -0.15) is 0 Å². The van der Waals surface area contributed by atoms with Gasteiger partial charge < -0.3 is 0 Å². The summed E-state index contributed by atoms with van der Waals surface area (Å²) >= 11 is -4.31. The van der Waals surface area contributed by atoms with E-state index in [0.29, 0.717) is 0 Å². The molecule has 7 heteroatoms. The predicted molar refractivity (Wildman–Crippen MR) is 47.5 cm³/mol. The van der Waals surface area contributed by atoms with Crippen molar-refractivity contribution in [1.29, 1.82) is 0 Å². The first-order valence-electron chi connectivity index (χ1n) is 3.76. The van der Waals surface area contributed by atoms with Crippen molar-refractivity contribution in [2.45, 2.75) is 14.6 Å². The average Bonchev–Trinajstić information content (AvgIpc) is 2.01. The molecule has 0 aromatic rings. The second kappa shape index (κ2) is 4.43. The molecule has 0 amide bonds. The molecule has 0 spiro atoms. The summed E-state index contributed by atoms with van der Waals surface area (Å²) in [6, 6.07) is 0. The summed E-state index contributed by atoms with van der Waals surface area (Å²) < 4.78 is 33.1. The van der Waals surface area contributed by atoms with Gasteiger partial charge in [0.25, 0.3) is 0 Å². The Morgan fingerprint density at radius 1 is 1.00 bits per heavy atom. The van der Waals surface area contributed by atoms with Crippen LogP contribution in [0.2, 0.25) is 14.6 Å². The van der Waals surface area contributed by atoms with Crippen molar-refractivity contribution >= 4 is 30.2 Å². The van der Waals surface area contributed by atoms with Crippen LogP contribution in [-0.2, 0) is 15.6 Å². The van der Waals surface area contributed by atoms with E-state index in [0.717, 1.165) is 0 Å². The van der Waals surface area contributed by atoms with Crippen LogP contribution in [-0.4, -0.2) is 43.5 Å². The Balaban J connectivity index is 4.51. The second-order valence-electron chi connectivity index (χ2n) is 3.71. The molecule has 0 rings (SSSR count). The van der Waals surface area contributed by atoms with Crippen molar-refractivity contribution in [2.75, 3.05) is 13.3 Å². The van der Waals surface area contributed by atoms with Crippen LogP contribution >= 0.6 is 0 Å². The van der Waals surface area contributed by atoms with Gasteiger partial charge >= 0.3 is 82.5 Å². The number of carbonyl (C=O) groups excluding carboxylic acids is 2. The fourth-order valence-corrected chi connectivity index (χ4v) is 5.11. The van der Waals surface area contributed by atoms with Crippen LogP contribution in [0.5, 0.6) is 0 Å². The van der Waals surface area contributed by atoms with Crippen molar-refractivity contribution < 1.29 is 24.4 Å². The molecular formula is C7H13F2O4Sb. The Labute approximate surface area is 82.7 Å². The summed E-state index contributed by atoms with van der Waals surface area (Å²) in [7, 11) is 0. The Hall–Kier alpha value is -0.382. The van der Waals surface area contributed by atoms with Gasteiger partial charge in [0, 0.05) is 0 Å². The Morgan fingerprint density at radius 2 is 1.29 bits per heavy atom. The molecule has 0 N–H and O–H groups in total. The van der Waals surface area contributed by atoms with Gasteiger partial charge in [0.2, 0.25) is 0 Å². The van der Waals surface area contributed by atoms with E-state index in [9.17, 15) is 18.4 Å². The van der Waals surface area contributed by atoms with Crippen LogP contribution in [0.25, 0.3) is 0 Å². The van der Waals surface area contributed by atoms with Gasteiger partial charge in [0.05, 0.1) is 0 Å². The number of hydrogen-bond donors (Lipinski definition) is 0. The van der Waals surface area contributed by atoms with Crippen molar-refractivity contribution in [3.63, 3.8) is 0 Å². The topological polar surface area (TPSA) is 52.6 Å². The molecule has 0 atom stereocenters. The van der Waals surface area contributed by atoms with E-state index in [1.807, 2.05) is 0 Å². The van der Waals surface area contributed by atoms with Crippen LogP contribution in [0.4, 0.5) is 8.78 Å². The van der Waals surface area contributed by atoms with E-state index in [4.69, 9.17) is 6.03 Å². The average molecular weight is 321 g/mol. The monoisotopic (exact) mass is 320 g/mol. The third kappa shape index (κ3) is 5.37. The molecule has 0 aliphatic heterocycles. The maximum atomic E-state index is 11.8. The van der Waals surface area contributed by atoms with Crippen LogP contribution < -0.4 is 0 Å². The summed E-state index contributed by atoms with van der Waals surface area (Å²) in [5.74, 6) is -2.18. The van der Waals surface area contributed by atoms with Crippen LogP contribution in [0.15, 0.2) is 0 Å². The zero-order chi connectivity index (χ0) is 11.4. The summed E-state index contributed by atoms with van der Waals surface area (Å²) in [5, 5.41) is 0. The summed E-state index contributed by atoms with van der Waals surface area (Å²) in [5.41, 5.74) is 0. The van der Waals surface area contributed by atoms with E-state index >= 15 is 0 Å². The van der Waals surface area contributed by atoms with Gasteiger partial charge in [-0.1, -0.05) is 0 Å². The van der Waals surface area contributed by atoms with Gasteiger partial charge in [-0.05, 0) is 0 Å². The number of alkyl halides is 2. The van der Waals surface area contributed by atoms with E-state index in [1.165, 1.54) is 14.6 Å². The number of halogens is 2. The number of hydrogen-bond acceptors (Lipinski definition) is 4. The molecule has 0 fully saturated rings. The first-order chi connectivity index (χ1) is 6.18. The Bertz CT molecular complexity index is 224. The van der Waals surface area contributed by atoms with E-state index in [-0.39, 0.29) is 0 Å². The predicted octanol–water partition coefficient (Wildman–Crippen LogP) is 1.30. The molecular weight excluding hydrogens is 308 g/mol. The summed E-state index contributed by atoms with van der Waals surface area (Å²) in [4.78, 5) is 25.6. The Morgan fingerprint density at radius 3 is 1.50 bits per heavy atom. The molecule has 0 aliphatic rings. The van der Waals surface area contributed by atoms with Gasteiger partial charge in [-0.25, -0.2) is 0 Å². The van der Waals surface area contributed by atoms with Crippen molar-refractivity contribution in [3.8, 4) is 0 Å². The number of carbonyl (C=O) groups is 2. The molecule has 84 valence electrons. The molecule has 0 heterocycles. The molecule has 0 aromatic carbocycles. The molecule has 0 bridgehead atoms. The third-order valence-corrected chi connectivity index (χ3v) is 5.76. The summed E-state index contributed by atoms with van der Waals surface area (Å²) in [6.07, 6.45) is 0. The molecule has 0 unspecified atom stereocenters. The van der Waals surface area contributed by atoms with E-state index < -0.39 is 43.5 Å². The first kappa shape index (κ1) is 13.6. The zero-order valence-electron chi connectivity index (χ0n) is 8.25. The van der Waals surface area contributed by atoms with Crippen LogP contribution in [0.1, 0.15) is 0 Å². The quantitative estimate of drug-likeness (QED) is 0.733. The minimum absolute atomic E-state index is 1.09. The van der Waals surface area contributed by atoms with Crippen LogP contribution in [0, 0.1) is 0 Å². The Kier molecular flexibility index (Phi) is 4.30. The van der Waals surface area contributed by atoms with Crippen molar-refractivity contribution in [3.05, 3.63) is 0 Å². The van der Waals surface area contributed by atoms with Crippen molar-refractivity contribution in [1.82, 2.24) is 0 Å².